The number of carbonyl (C=O) groups is 1. The first kappa shape index (κ1) is 26.2. The number of alkyl halides is 3. The quantitative estimate of drug-likeness (QED) is 0.224. The zero-order valence-corrected chi connectivity index (χ0v) is 20.9. The summed E-state index contributed by atoms with van der Waals surface area (Å²) in [5.74, 6) is -0.914. The van der Waals surface area contributed by atoms with Crippen molar-refractivity contribution in [3.8, 4) is 11.5 Å². The highest BCUT2D eigenvalue weighted by molar-refractivity contribution is 8.00. The number of halogens is 5. The van der Waals surface area contributed by atoms with Crippen molar-refractivity contribution in [1.82, 2.24) is 4.98 Å². The Balaban J connectivity index is 1.67. The molecule has 0 saturated heterocycles. The number of H-pyrrole nitrogens is 1. The third kappa shape index (κ3) is 5.44. The molecule has 13 heteroatoms. The monoisotopic (exact) mass is 575 g/mol. The minimum absolute atomic E-state index is 0.0834. The number of aromatic amines is 1. The third-order valence-electron chi connectivity index (χ3n) is 4.95. The van der Waals surface area contributed by atoms with E-state index in [9.17, 15) is 26.4 Å². The Labute approximate surface area is 216 Å². The maximum absolute atomic E-state index is 13.2. The van der Waals surface area contributed by atoms with Crippen LogP contribution in [0.5, 0.6) is 11.5 Å². The van der Waals surface area contributed by atoms with E-state index in [1.165, 1.54) is 24.4 Å². The number of thioether (sulfide) groups is 1. The summed E-state index contributed by atoms with van der Waals surface area (Å²) in [5.41, 5.74) is -0.511. The number of benzene rings is 3. The van der Waals surface area contributed by atoms with Gasteiger partial charge in [-0.25, -0.2) is 8.42 Å². The van der Waals surface area contributed by atoms with Gasteiger partial charge in [0.05, 0.1) is 31.2 Å². The summed E-state index contributed by atoms with van der Waals surface area (Å²) >= 11 is 13.6. The molecule has 1 heterocycles. The van der Waals surface area contributed by atoms with Gasteiger partial charge >= 0.3 is 12.1 Å². The fourth-order valence-electron chi connectivity index (χ4n) is 3.29. The van der Waals surface area contributed by atoms with Gasteiger partial charge in [0.25, 0.3) is 0 Å². The number of ether oxygens (including phenoxy) is 1. The summed E-state index contributed by atoms with van der Waals surface area (Å²) in [6.45, 7) is 0. The Hall–Kier alpha value is -2.86. The lowest BCUT2D eigenvalue weighted by Crippen LogP contribution is -2.06. The fourth-order valence-corrected chi connectivity index (χ4v) is 6.10. The predicted octanol–water partition coefficient (Wildman–Crippen LogP) is 7.30. The summed E-state index contributed by atoms with van der Waals surface area (Å²) in [5, 5.41) is 9.30. The van der Waals surface area contributed by atoms with E-state index >= 15 is 0 Å². The first-order valence-electron chi connectivity index (χ1n) is 9.91. The number of hydrogen-bond acceptors (Lipinski definition) is 5. The number of nitrogens with one attached hydrogen (secondary N) is 1. The molecule has 0 atom stereocenters. The molecule has 0 spiro atoms. The molecule has 0 fully saturated rings. The highest BCUT2D eigenvalue weighted by Crippen LogP contribution is 2.41. The predicted molar refractivity (Wildman–Crippen MR) is 130 cm³/mol. The number of rotatable bonds is 7. The van der Waals surface area contributed by atoms with E-state index < -0.39 is 27.5 Å². The van der Waals surface area contributed by atoms with Gasteiger partial charge in [-0.15, -0.1) is 11.8 Å². The second kappa shape index (κ2) is 9.89. The number of carboxylic acids is 1. The average Bonchev–Trinajstić information content (AvgIpc) is 3.24. The molecule has 0 bridgehead atoms. The van der Waals surface area contributed by atoms with Crippen molar-refractivity contribution in [2.75, 3.05) is 5.75 Å². The molecule has 6 nitrogen and oxygen atoms in total. The van der Waals surface area contributed by atoms with E-state index in [0.29, 0.717) is 22.5 Å². The number of sulfone groups is 1. The van der Waals surface area contributed by atoms with Crippen molar-refractivity contribution >= 4 is 61.7 Å². The summed E-state index contributed by atoms with van der Waals surface area (Å²) in [6.07, 6.45) is -3.35. The van der Waals surface area contributed by atoms with Crippen molar-refractivity contribution in [2.24, 2.45) is 0 Å². The van der Waals surface area contributed by atoms with Crippen LogP contribution in [0.1, 0.15) is 5.56 Å². The molecule has 0 amide bonds. The van der Waals surface area contributed by atoms with Crippen LogP contribution in [0.3, 0.4) is 0 Å². The van der Waals surface area contributed by atoms with Gasteiger partial charge in [0.15, 0.2) is 5.75 Å². The summed E-state index contributed by atoms with van der Waals surface area (Å²) < 4.78 is 70.7. The van der Waals surface area contributed by atoms with Gasteiger partial charge in [0, 0.05) is 22.0 Å². The zero-order chi connectivity index (χ0) is 26.3. The van der Waals surface area contributed by atoms with Crippen LogP contribution in [0.4, 0.5) is 13.2 Å². The van der Waals surface area contributed by atoms with Crippen molar-refractivity contribution in [2.45, 2.75) is 20.9 Å². The molecule has 36 heavy (non-hydrogen) atoms. The van der Waals surface area contributed by atoms with Crippen LogP contribution in [0, 0.1) is 0 Å². The van der Waals surface area contributed by atoms with Gasteiger partial charge in [-0.1, -0.05) is 23.2 Å². The standard InChI is InChI=1S/C23H14Cl2F3NO5S2/c24-17-8-14(35-11-21(30)31)9-18(25)22(17)34-13-3-6-19-16(7-13)20(10-29-19)36(32,33)15-4-1-12(2-5-15)23(26,27)28/h1-10,29H,11H2,(H,30,31). The second-order valence-electron chi connectivity index (χ2n) is 7.39. The van der Waals surface area contributed by atoms with Crippen molar-refractivity contribution in [1.29, 1.82) is 0 Å². The average molecular weight is 576 g/mol. The Morgan fingerprint density at radius 2 is 1.67 bits per heavy atom. The maximum Gasteiger partial charge on any atom is 0.416 e. The molecular formula is C23H14Cl2F3NO5S2. The molecule has 0 saturated carbocycles. The number of carboxylic acid groups (broad SMARTS) is 1. The fraction of sp³-hybridized carbons (Fsp3) is 0.0870. The number of aliphatic carboxylic acids is 1. The van der Waals surface area contributed by atoms with Crippen LogP contribution < -0.4 is 4.74 Å². The second-order valence-corrected chi connectivity index (χ2v) is 11.2. The Morgan fingerprint density at radius 3 is 2.25 bits per heavy atom. The molecule has 0 aliphatic carbocycles. The van der Waals surface area contributed by atoms with Crippen molar-refractivity contribution < 1.29 is 36.2 Å². The molecule has 188 valence electrons. The van der Waals surface area contributed by atoms with Crippen LogP contribution in [0.15, 0.2) is 75.5 Å². The van der Waals surface area contributed by atoms with Gasteiger partial charge in [0.2, 0.25) is 9.84 Å². The van der Waals surface area contributed by atoms with E-state index in [0.717, 1.165) is 23.9 Å². The summed E-state index contributed by atoms with van der Waals surface area (Å²) in [4.78, 5) is 13.7. The maximum atomic E-state index is 13.2. The van der Waals surface area contributed by atoms with Gasteiger partial charge in [-0.05, 0) is 54.6 Å². The van der Waals surface area contributed by atoms with Crippen LogP contribution in [0.2, 0.25) is 10.0 Å². The van der Waals surface area contributed by atoms with Crippen molar-refractivity contribution in [3.05, 3.63) is 76.4 Å². The molecule has 4 rings (SSSR count). The molecular weight excluding hydrogens is 562 g/mol. The van der Waals surface area contributed by atoms with Crippen molar-refractivity contribution in [3.63, 3.8) is 0 Å². The first-order chi connectivity index (χ1) is 16.9. The molecule has 3 aromatic carbocycles. The van der Waals surface area contributed by atoms with Crippen LogP contribution in [-0.4, -0.2) is 30.2 Å². The van der Waals surface area contributed by atoms with E-state index in [1.807, 2.05) is 0 Å². The Kier molecular flexibility index (Phi) is 7.20. The van der Waals surface area contributed by atoms with Gasteiger partial charge in [-0.2, -0.15) is 13.2 Å². The van der Waals surface area contributed by atoms with Gasteiger partial charge in [-0.3, -0.25) is 4.79 Å². The lowest BCUT2D eigenvalue weighted by Gasteiger charge is -2.12. The topological polar surface area (TPSA) is 96.5 Å². The van der Waals surface area contributed by atoms with Crippen LogP contribution in [-0.2, 0) is 20.8 Å². The molecule has 1 aromatic heterocycles. The smallest absolute Gasteiger partial charge is 0.416 e. The molecule has 0 radical (unpaired) electrons. The van der Waals surface area contributed by atoms with Gasteiger partial charge in [0.1, 0.15) is 5.75 Å². The zero-order valence-electron chi connectivity index (χ0n) is 17.8. The van der Waals surface area contributed by atoms with Gasteiger partial charge < -0.3 is 14.8 Å². The minimum atomic E-state index is -4.59. The first-order valence-corrected chi connectivity index (χ1v) is 13.1. The lowest BCUT2D eigenvalue weighted by molar-refractivity contribution is -0.137. The Morgan fingerprint density at radius 1 is 1.03 bits per heavy atom. The van der Waals surface area contributed by atoms with E-state index in [4.69, 9.17) is 33.0 Å². The Bertz CT molecular complexity index is 1550. The normalized spacial score (nSPS) is 12.1. The largest absolute Gasteiger partial charge is 0.481 e. The molecule has 2 N–H and O–H groups in total. The molecule has 0 aliphatic rings. The highest BCUT2D eigenvalue weighted by atomic mass is 35.5. The molecule has 4 aromatic rings. The minimum Gasteiger partial charge on any atom is -0.481 e. The SMILES string of the molecule is O=C(O)CSc1cc(Cl)c(Oc2ccc3[nH]cc(S(=O)(=O)c4ccc(C(F)(F)F)cc4)c3c2)c(Cl)c1. The lowest BCUT2D eigenvalue weighted by atomic mass is 10.2. The molecule has 0 aliphatic heterocycles. The number of fused-ring (bicyclic) bond motifs is 1. The summed E-state index contributed by atoms with van der Waals surface area (Å²) in [6, 6.07) is 10.8. The van der Waals surface area contributed by atoms with Crippen LogP contribution >= 0.6 is 35.0 Å². The number of aromatic nitrogens is 1. The number of hydrogen-bond donors (Lipinski definition) is 2. The van der Waals surface area contributed by atoms with E-state index in [1.54, 1.807) is 12.1 Å². The third-order valence-corrected chi connectivity index (χ3v) is 8.28. The highest BCUT2D eigenvalue weighted by Gasteiger charge is 2.31. The van der Waals surface area contributed by atoms with E-state index in [-0.39, 0.29) is 42.5 Å². The molecule has 0 unspecified atom stereocenters. The summed E-state index contributed by atoms with van der Waals surface area (Å²) in [7, 11) is -4.17. The van der Waals surface area contributed by atoms with E-state index in [2.05, 4.69) is 4.98 Å². The van der Waals surface area contributed by atoms with Crippen LogP contribution in [0.25, 0.3) is 10.9 Å².